The Hall–Kier alpha value is -1.75. The molecule has 16 heavy (non-hydrogen) atoms. The van der Waals surface area contributed by atoms with Gasteiger partial charge in [0.1, 0.15) is 17.4 Å². The monoisotopic (exact) mass is 242 g/mol. The van der Waals surface area contributed by atoms with Crippen molar-refractivity contribution in [1.82, 2.24) is 9.97 Å². The van der Waals surface area contributed by atoms with Crippen molar-refractivity contribution in [1.29, 1.82) is 0 Å². The molecule has 0 unspecified atom stereocenters. The fraction of sp³-hybridized carbons (Fsp3) is 0. The van der Waals surface area contributed by atoms with E-state index in [2.05, 4.69) is 9.97 Å². The first kappa shape index (κ1) is 10.8. The van der Waals surface area contributed by atoms with E-state index < -0.39 is 11.6 Å². The number of benzene rings is 1. The van der Waals surface area contributed by atoms with Crippen LogP contribution < -0.4 is 4.74 Å². The number of ether oxygens (including phenoxy) is 1. The van der Waals surface area contributed by atoms with Crippen molar-refractivity contribution < 1.29 is 13.5 Å². The van der Waals surface area contributed by atoms with Crippen LogP contribution in [0.5, 0.6) is 11.6 Å². The number of hydrogen-bond donors (Lipinski definition) is 0. The fourth-order valence-corrected chi connectivity index (χ4v) is 1.22. The first-order valence-electron chi connectivity index (χ1n) is 4.25. The summed E-state index contributed by atoms with van der Waals surface area (Å²) < 4.78 is 30.8. The molecular weight excluding hydrogens is 238 g/mol. The van der Waals surface area contributed by atoms with E-state index in [1.165, 1.54) is 12.4 Å². The maximum absolute atomic E-state index is 12.8. The van der Waals surface area contributed by atoms with Crippen LogP contribution in [0.1, 0.15) is 0 Å². The molecule has 0 spiro atoms. The molecule has 82 valence electrons. The van der Waals surface area contributed by atoms with Gasteiger partial charge in [0.05, 0.1) is 0 Å². The molecule has 0 aliphatic rings. The van der Waals surface area contributed by atoms with E-state index in [-0.39, 0.29) is 16.8 Å². The van der Waals surface area contributed by atoms with Gasteiger partial charge in [-0.2, -0.15) is 0 Å². The summed E-state index contributed by atoms with van der Waals surface area (Å²) >= 11 is 5.67. The summed E-state index contributed by atoms with van der Waals surface area (Å²) in [6.45, 7) is 0. The van der Waals surface area contributed by atoms with Crippen LogP contribution in [0.4, 0.5) is 8.78 Å². The Morgan fingerprint density at radius 2 is 1.62 bits per heavy atom. The molecule has 0 atom stereocenters. The topological polar surface area (TPSA) is 35.0 Å². The standard InChI is InChI=1S/C10H5ClF2N2O/c11-9-10(15-2-1-14-9)16-8-4-6(12)3-7(13)5-8/h1-5H. The second-order valence-electron chi connectivity index (χ2n) is 2.86. The Bertz CT molecular complexity index is 502. The molecule has 1 aromatic heterocycles. The number of halogens is 3. The quantitative estimate of drug-likeness (QED) is 0.811. The minimum absolute atomic E-state index is 0.00540. The molecule has 6 heteroatoms. The summed E-state index contributed by atoms with van der Waals surface area (Å²) in [4.78, 5) is 7.48. The zero-order chi connectivity index (χ0) is 11.5. The first-order valence-corrected chi connectivity index (χ1v) is 4.63. The zero-order valence-electron chi connectivity index (χ0n) is 7.82. The number of rotatable bonds is 2. The average molecular weight is 243 g/mol. The van der Waals surface area contributed by atoms with Crippen LogP contribution in [0.3, 0.4) is 0 Å². The summed E-state index contributed by atoms with van der Waals surface area (Å²) in [6, 6.07) is 2.79. The van der Waals surface area contributed by atoms with Crippen molar-refractivity contribution in [3.8, 4) is 11.6 Å². The average Bonchev–Trinajstić information content (AvgIpc) is 2.20. The molecule has 0 N–H and O–H groups in total. The number of aromatic nitrogens is 2. The van der Waals surface area contributed by atoms with E-state index in [4.69, 9.17) is 16.3 Å². The Morgan fingerprint density at radius 1 is 1.00 bits per heavy atom. The third-order valence-corrected chi connectivity index (χ3v) is 1.93. The Morgan fingerprint density at radius 3 is 2.25 bits per heavy atom. The second kappa shape index (κ2) is 4.40. The highest BCUT2D eigenvalue weighted by molar-refractivity contribution is 6.30. The molecule has 2 aromatic rings. The third-order valence-electron chi connectivity index (χ3n) is 1.67. The molecule has 1 heterocycles. The van der Waals surface area contributed by atoms with Crippen LogP contribution in [0.25, 0.3) is 0 Å². The second-order valence-corrected chi connectivity index (χ2v) is 3.22. The van der Waals surface area contributed by atoms with Crippen molar-refractivity contribution in [2.45, 2.75) is 0 Å². The lowest BCUT2D eigenvalue weighted by Crippen LogP contribution is -1.92. The lowest BCUT2D eigenvalue weighted by Gasteiger charge is -2.05. The highest BCUT2D eigenvalue weighted by Gasteiger charge is 2.07. The molecule has 3 nitrogen and oxygen atoms in total. The van der Waals surface area contributed by atoms with Crippen molar-refractivity contribution in [2.75, 3.05) is 0 Å². The largest absolute Gasteiger partial charge is 0.436 e. The van der Waals surface area contributed by atoms with E-state index in [9.17, 15) is 8.78 Å². The zero-order valence-corrected chi connectivity index (χ0v) is 8.58. The van der Waals surface area contributed by atoms with E-state index in [0.717, 1.165) is 18.2 Å². The summed E-state index contributed by atoms with van der Waals surface area (Å²) in [5.41, 5.74) is 0. The van der Waals surface area contributed by atoms with Gasteiger partial charge in [0.25, 0.3) is 5.88 Å². The highest BCUT2D eigenvalue weighted by Crippen LogP contribution is 2.25. The van der Waals surface area contributed by atoms with Gasteiger partial charge in [-0.1, -0.05) is 11.6 Å². The Kier molecular flexibility index (Phi) is 2.96. The van der Waals surface area contributed by atoms with Crippen LogP contribution >= 0.6 is 11.6 Å². The fourth-order valence-electron chi connectivity index (χ4n) is 1.08. The molecular formula is C10H5ClF2N2O. The Balaban J connectivity index is 2.30. The minimum atomic E-state index is -0.741. The predicted octanol–water partition coefficient (Wildman–Crippen LogP) is 3.20. The van der Waals surface area contributed by atoms with Gasteiger partial charge in [-0.25, -0.2) is 18.7 Å². The van der Waals surface area contributed by atoms with E-state index in [1.807, 2.05) is 0 Å². The van der Waals surface area contributed by atoms with Crippen LogP contribution in [0, 0.1) is 11.6 Å². The maximum atomic E-state index is 12.8. The van der Waals surface area contributed by atoms with Gasteiger partial charge >= 0.3 is 0 Å². The maximum Gasteiger partial charge on any atom is 0.257 e. The normalized spacial score (nSPS) is 10.2. The molecule has 2 rings (SSSR count). The highest BCUT2D eigenvalue weighted by atomic mass is 35.5. The lowest BCUT2D eigenvalue weighted by molar-refractivity contribution is 0.449. The molecule has 0 aliphatic carbocycles. The molecule has 1 aromatic carbocycles. The summed E-state index contributed by atoms with van der Waals surface area (Å²) in [6.07, 6.45) is 2.73. The van der Waals surface area contributed by atoms with Gasteiger partial charge in [-0.05, 0) is 0 Å². The molecule has 0 bridgehead atoms. The first-order chi connectivity index (χ1) is 7.65. The summed E-state index contributed by atoms with van der Waals surface area (Å²) in [5, 5.41) is 0.0205. The SMILES string of the molecule is Fc1cc(F)cc(Oc2nccnc2Cl)c1. The molecule has 0 fully saturated rings. The molecule has 0 saturated heterocycles. The summed E-state index contributed by atoms with van der Waals surface area (Å²) in [7, 11) is 0. The molecule has 0 amide bonds. The van der Waals surface area contributed by atoms with Crippen LogP contribution in [-0.2, 0) is 0 Å². The van der Waals surface area contributed by atoms with Gasteiger partial charge in [-0.15, -0.1) is 0 Å². The van der Waals surface area contributed by atoms with Crippen molar-refractivity contribution in [3.05, 3.63) is 47.4 Å². The van der Waals surface area contributed by atoms with E-state index in [1.54, 1.807) is 0 Å². The van der Waals surface area contributed by atoms with Gasteiger partial charge in [-0.3, -0.25) is 0 Å². The van der Waals surface area contributed by atoms with Gasteiger partial charge < -0.3 is 4.74 Å². The number of hydrogen-bond acceptors (Lipinski definition) is 3. The van der Waals surface area contributed by atoms with Crippen molar-refractivity contribution in [2.24, 2.45) is 0 Å². The lowest BCUT2D eigenvalue weighted by atomic mass is 10.3. The minimum Gasteiger partial charge on any atom is -0.436 e. The van der Waals surface area contributed by atoms with Crippen LogP contribution in [0.15, 0.2) is 30.6 Å². The summed E-state index contributed by atoms with van der Waals surface area (Å²) in [5.74, 6) is -1.51. The third kappa shape index (κ3) is 2.43. The van der Waals surface area contributed by atoms with Crippen molar-refractivity contribution in [3.63, 3.8) is 0 Å². The Labute approximate surface area is 94.7 Å². The van der Waals surface area contributed by atoms with Crippen molar-refractivity contribution >= 4 is 11.6 Å². The molecule has 0 radical (unpaired) electrons. The smallest absolute Gasteiger partial charge is 0.257 e. The number of nitrogens with zero attached hydrogens (tertiary/aromatic N) is 2. The van der Waals surface area contributed by atoms with Crippen LogP contribution in [0.2, 0.25) is 5.15 Å². The van der Waals surface area contributed by atoms with Gasteiger partial charge in [0, 0.05) is 30.6 Å². The van der Waals surface area contributed by atoms with Gasteiger partial charge in [0.2, 0.25) is 0 Å². The van der Waals surface area contributed by atoms with E-state index >= 15 is 0 Å². The predicted molar refractivity (Wildman–Crippen MR) is 53.5 cm³/mol. The van der Waals surface area contributed by atoms with E-state index in [0.29, 0.717) is 0 Å². The molecule has 0 saturated carbocycles. The molecule has 0 aliphatic heterocycles. The van der Waals surface area contributed by atoms with Gasteiger partial charge in [0.15, 0.2) is 5.15 Å². The van der Waals surface area contributed by atoms with Crippen LogP contribution in [-0.4, -0.2) is 9.97 Å².